The summed E-state index contributed by atoms with van der Waals surface area (Å²) >= 11 is 0. The Bertz CT molecular complexity index is 617. The molecule has 0 aliphatic rings. The first-order valence-corrected chi connectivity index (χ1v) is 6.76. The van der Waals surface area contributed by atoms with Crippen LogP contribution in [0.2, 0.25) is 0 Å². The van der Waals surface area contributed by atoms with E-state index in [-0.39, 0.29) is 5.95 Å². The first kappa shape index (κ1) is 14.9. The molecule has 6 heteroatoms. The summed E-state index contributed by atoms with van der Waals surface area (Å²) in [6.45, 7) is 4.99. The van der Waals surface area contributed by atoms with Gasteiger partial charge in [-0.15, -0.1) is 0 Å². The van der Waals surface area contributed by atoms with Gasteiger partial charge in [-0.2, -0.15) is 4.98 Å². The Morgan fingerprint density at radius 2 is 1.71 bits per heavy atom. The number of nitrogens with two attached hydrogens (primary N) is 1. The van der Waals surface area contributed by atoms with E-state index in [1.165, 1.54) is 7.11 Å². The number of nitrogen functional groups attached to an aromatic ring is 1. The van der Waals surface area contributed by atoms with E-state index < -0.39 is 0 Å². The Kier molecular flexibility index (Phi) is 4.81. The topological polar surface area (TPSA) is 79.5 Å². The molecule has 0 spiro atoms. The molecule has 0 atom stereocenters. The van der Waals surface area contributed by atoms with E-state index in [1.54, 1.807) is 6.07 Å². The number of hydrogen-bond acceptors (Lipinski definition) is 6. The number of anilines is 1. The molecule has 1 heterocycles. The van der Waals surface area contributed by atoms with Crippen molar-refractivity contribution in [1.29, 1.82) is 0 Å². The zero-order valence-corrected chi connectivity index (χ0v) is 12.4. The minimum atomic E-state index is 0.163. The summed E-state index contributed by atoms with van der Waals surface area (Å²) in [6.07, 6.45) is 0. The molecule has 0 fully saturated rings. The van der Waals surface area contributed by atoms with Crippen molar-refractivity contribution in [2.75, 3.05) is 26.1 Å². The maximum absolute atomic E-state index is 5.69. The van der Waals surface area contributed by atoms with Gasteiger partial charge in [-0.25, -0.2) is 4.98 Å². The van der Waals surface area contributed by atoms with E-state index in [0.29, 0.717) is 36.3 Å². The lowest BCUT2D eigenvalue weighted by molar-refractivity contribution is 0.288. The zero-order valence-electron chi connectivity index (χ0n) is 12.4. The third-order valence-electron chi connectivity index (χ3n) is 2.77. The van der Waals surface area contributed by atoms with Crippen LogP contribution >= 0.6 is 0 Å². The molecule has 2 N–H and O–H groups in total. The molecule has 0 saturated heterocycles. The predicted octanol–water partition coefficient (Wildman–Crippen LogP) is 2.53. The molecular weight excluding hydrogens is 270 g/mol. The number of hydrogen-bond donors (Lipinski definition) is 1. The van der Waals surface area contributed by atoms with Gasteiger partial charge in [0.1, 0.15) is 0 Å². The van der Waals surface area contributed by atoms with Crippen LogP contribution in [0.25, 0.3) is 11.3 Å². The fraction of sp³-hybridized carbons (Fsp3) is 0.333. The van der Waals surface area contributed by atoms with E-state index in [4.69, 9.17) is 19.9 Å². The average molecular weight is 289 g/mol. The molecule has 0 unspecified atom stereocenters. The van der Waals surface area contributed by atoms with Gasteiger partial charge in [-0.05, 0) is 32.0 Å². The number of nitrogens with zero attached hydrogens (tertiary/aromatic N) is 2. The van der Waals surface area contributed by atoms with Crippen LogP contribution in [-0.4, -0.2) is 30.3 Å². The highest BCUT2D eigenvalue weighted by atomic mass is 16.5. The van der Waals surface area contributed by atoms with Gasteiger partial charge in [0.15, 0.2) is 11.5 Å². The quantitative estimate of drug-likeness (QED) is 0.880. The summed E-state index contributed by atoms with van der Waals surface area (Å²) in [4.78, 5) is 8.19. The first-order chi connectivity index (χ1) is 10.2. The molecular formula is C15H19N3O3. The SMILES string of the molecule is CCOc1ccc(-c2cc(OC)nc(N)n2)cc1OCC. The summed E-state index contributed by atoms with van der Waals surface area (Å²) in [7, 11) is 1.54. The number of rotatable bonds is 6. The van der Waals surface area contributed by atoms with E-state index in [1.807, 2.05) is 32.0 Å². The lowest BCUT2D eigenvalue weighted by Gasteiger charge is -2.12. The van der Waals surface area contributed by atoms with Gasteiger partial charge < -0.3 is 19.9 Å². The van der Waals surface area contributed by atoms with E-state index in [9.17, 15) is 0 Å². The number of methoxy groups -OCH3 is 1. The Morgan fingerprint density at radius 3 is 2.38 bits per heavy atom. The summed E-state index contributed by atoms with van der Waals surface area (Å²) in [5, 5.41) is 0. The largest absolute Gasteiger partial charge is 0.490 e. The van der Waals surface area contributed by atoms with Gasteiger partial charge in [-0.1, -0.05) is 0 Å². The Morgan fingerprint density at radius 1 is 1.00 bits per heavy atom. The molecule has 0 aliphatic heterocycles. The van der Waals surface area contributed by atoms with Crippen molar-refractivity contribution in [3.63, 3.8) is 0 Å². The second-order valence-electron chi connectivity index (χ2n) is 4.18. The van der Waals surface area contributed by atoms with Gasteiger partial charge in [0.05, 0.1) is 26.0 Å². The molecule has 2 aromatic rings. The monoisotopic (exact) mass is 289 g/mol. The van der Waals surface area contributed by atoms with Crippen LogP contribution in [0.5, 0.6) is 17.4 Å². The van der Waals surface area contributed by atoms with Crippen molar-refractivity contribution in [2.24, 2.45) is 0 Å². The Hall–Kier alpha value is -2.50. The molecule has 21 heavy (non-hydrogen) atoms. The standard InChI is InChI=1S/C15H19N3O3/c1-4-20-12-7-6-10(8-13(12)21-5-2)11-9-14(19-3)18-15(16)17-11/h6-9H,4-5H2,1-3H3,(H2,16,17,18). The van der Waals surface area contributed by atoms with Crippen molar-refractivity contribution in [3.05, 3.63) is 24.3 Å². The van der Waals surface area contributed by atoms with Crippen LogP contribution in [0.4, 0.5) is 5.95 Å². The first-order valence-electron chi connectivity index (χ1n) is 6.76. The second-order valence-corrected chi connectivity index (χ2v) is 4.18. The van der Waals surface area contributed by atoms with Crippen LogP contribution in [0.1, 0.15) is 13.8 Å². The fourth-order valence-electron chi connectivity index (χ4n) is 1.91. The van der Waals surface area contributed by atoms with Gasteiger partial charge in [0.25, 0.3) is 0 Å². The third-order valence-corrected chi connectivity index (χ3v) is 2.77. The minimum Gasteiger partial charge on any atom is -0.490 e. The lowest BCUT2D eigenvalue weighted by Crippen LogP contribution is -2.01. The van der Waals surface area contributed by atoms with E-state index in [0.717, 1.165) is 5.56 Å². The van der Waals surface area contributed by atoms with Crippen LogP contribution < -0.4 is 19.9 Å². The fourth-order valence-corrected chi connectivity index (χ4v) is 1.91. The molecule has 6 nitrogen and oxygen atoms in total. The van der Waals surface area contributed by atoms with Crippen molar-refractivity contribution in [3.8, 4) is 28.6 Å². The van der Waals surface area contributed by atoms with Crippen LogP contribution in [0.15, 0.2) is 24.3 Å². The number of benzene rings is 1. The van der Waals surface area contributed by atoms with Gasteiger partial charge >= 0.3 is 0 Å². The highest BCUT2D eigenvalue weighted by Crippen LogP contribution is 2.33. The summed E-state index contributed by atoms with van der Waals surface area (Å²) in [5.74, 6) is 1.96. The van der Waals surface area contributed by atoms with Crippen molar-refractivity contribution >= 4 is 5.95 Å². The second kappa shape index (κ2) is 6.78. The Balaban J connectivity index is 2.44. The number of ether oxygens (including phenoxy) is 3. The Labute approximate surface area is 123 Å². The highest BCUT2D eigenvalue weighted by Gasteiger charge is 2.10. The summed E-state index contributed by atoms with van der Waals surface area (Å²) < 4.78 is 16.3. The number of aromatic nitrogens is 2. The van der Waals surface area contributed by atoms with Crippen LogP contribution in [-0.2, 0) is 0 Å². The van der Waals surface area contributed by atoms with Gasteiger partial charge in [-0.3, -0.25) is 0 Å². The zero-order chi connectivity index (χ0) is 15.2. The van der Waals surface area contributed by atoms with Crippen molar-refractivity contribution in [1.82, 2.24) is 9.97 Å². The van der Waals surface area contributed by atoms with Crippen molar-refractivity contribution in [2.45, 2.75) is 13.8 Å². The minimum absolute atomic E-state index is 0.163. The molecule has 1 aromatic heterocycles. The molecule has 0 radical (unpaired) electrons. The molecule has 112 valence electrons. The lowest BCUT2D eigenvalue weighted by atomic mass is 10.1. The average Bonchev–Trinajstić information content (AvgIpc) is 2.48. The molecule has 0 bridgehead atoms. The van der Waals surface area contributed by atoms with Crippen LogP contribution in [0, 0.1) is 0 Å². The predicted molar refractivity (Wildman–Crippen MR) is 80.8 cm³/mol. The molecule has 0 amide bonds. The van der Waals surface area contributed by atoms with E-state index >= 15 is 0 Å². The molecule has 1 aromatic carbocycles. The van der Waals surface area contributed by atoms with Crippen molar-refractivity contribution < 1.29 is 14.2 Å². The normalized spacial score (nSPS) is 10.2. The van der Waals surface area contributed by atoms with Gasteiger partial charge in [0.2, 0.25) is 11.8 Å². The smallest absolute Gasteiger partial charge is 0.223 e. The molecule has 0 saturated carbocycles. The highest BCUT2D eigenvalue weighted by molar-refractivity contribution is 5.65. The maximum atomic E-state index is 5.69. The van der Waals surface area contributed by atoms with E-state index in [2.05, 4.69) is 9.97 Å². The van der Waals surface area contributed by atoms with Gasteiger partial charge in [0, 0.05) is 11.6 Å². The summed E-state index contributed by atoms with van der Waals surface area (Å²) in [5.41, 5.74) is 7.21. The van der Waals surface area contributed by atoms with Crippen LogP contribution in [0.3, 0.4) is 0 Å². The maximum Gasteiger partial charge on any atom is 0.223 e. The third kappa shape index (κ3) is 3.53. The summed E-state index contributed by atoms with van der Waals surface area (Å²) in [6, 6.07) is 7.35. The molecule has 0 aliphatic carbocycles. The molecule has 2 rings (SSSR count).